The summed E-state index contributed by atoms with van der Waals surface area (Å²) in [6.45, 7) is 9.21. The number of benzene rings is 7. The van der Waals surface area contributed by atoms with Gasteiger partial charge in [0.05, 0.1) is 16.9 Å². The zero-order valence-electron chi connectivity index (χ0n) is 33.4. The molecule has 0 atom stereocenters. The first-order valence-electron chi connectivity index (χ1n) is 20.1. The second-order valence-corrected chi connectivity index (χ2v) is 15.6. The number of hydrogen-bond donors (Lipinski definition) is 0. The minimum atomic E-state index is 0. The molecule has 11 aromatic rings. The first-order valence-corrected chi connectivity index (χ1v) is 20.1. The number of hydrogen-bond acceptors (Lipinski definition) is 2. The number of imidazole rings is 1. The molecule has 0 bridgehead atoms. The summed E-state index contributed by atoms with van der Waals surface area (Å²) in [7, 11) is 0. The van der Waals surface area contributed by atoms with Gasteiger partial charge in [-0.2, -0.15) is 0 Å². The third-order valence-corrected chi connectivity index (χ3v) is 11.3. The van der Waals surface area contributed by atoms with Gasteiger partial charge in [-0.05, 0) is 81.7 Å². The molecule has 4 aromatic heterocycles. The fraction of sp³-hybridized carbons (Fsp3) is 0.111. The van der Waals surface area contributed by atoms with Crippen LogP contribution in [0.2, 0.25) is 0 Å². The van der Waals surface area contributed by atoms with Gasteiger partial charge in [-0.3, -0.25) is 4.98 Å². The molecule has 0 fully saturated rings. The van der Waals surface area contributed by atoms with Crippen molar-refractivity contribution < 1.29 is 20.1 Å². The Labute approximate surface area is 358 Å². The van der Waals surface area contributed by atoms with Crippen molar-refractivity contribution >= 4 is 49.1 Å². The van der Waals surface area contributed by atoms with E-state index in [1.54, 1.807) is 6.20 Å². The van der Waals surface area contributed by atoms with Crippen LogP contribution in [-0.2, 0) is 20.1 Å². The third-order valence-electron chi connectivity index (χ3n) is 11.3. The Hall–Kier alpha value is -6.39. The van der Waals surface area contributed by atoms with E-state index in [2.05, 4.69) is 175 Å². The molecule has 11 rings (SSSR count). The topological polar surface area (TPSA) is 35.1 Å². The molecule has 0 spiro atoms. The molecule has 5 heteroatoms. The van der Waals surface area contributed by atoms with Crippen LogP contribution in [0.5, 0.6) is 0 Å². The molecule has 0 N–H and O–H groups in total. The van der Waals surface area contributed by atoms with Crippen LogP contribution in [0.4, 0.5) is 0 Å². The summed E-state index contributed by atoms with van der Waals surface area (Å²) in [6, 6.07) is 64.6. The summed E-state index contributed by atoms with van der Waals surface area (Å²) in [6.07, 6.45) is 1.79. The van der Waals surface area contributed by atoms with E-state index in [9.17, 15) is 0 Å². The van der Waals surface area contributed by atoms with Crippen LogP contribution in [0, 0.1) is 12.1 Å². The fourth-order valence-electron chi connectivity index (χ4n) is 8.60. The predicted octanol–water partition coefficient (Wildman–Crippen LogP) is 14.1. The molecule has 0 saturated carbocycles. The molecule has 0 saturated heterocycles. The zero-order chi connectivity index (χ0) is 39.3. The molecular weight excluding hydrogens is 897 g/mol. The van der Waals surface area contributed by atoms with E-state index in [1.807, 2.05) is 42.5 Å². The SMILES string of the molecule is CC(C)c1cc(-c2ccccc2)cc(C(C)C)c1-n1c(-c2[c-]c3c4cccc5c6ccccc6n(c3cc2)c45)nc2ccccc21.[Ir].[c-]1ccccc1-c1ccccn1. The summed E-state index contributed by atoms with van der Waals surface area (Å²) in [5.41, 5.74) is 15.2. The maximum Gasteiger partial charge on any atom is 0.0798 e. The molecule has 289 valence electrons. The van der Waals surface area contributed by atoms with Gasteiger partial charge in [-0.1, -0.05) is 135 Å². The molecular formula is C54H42IrN4-2. The van der Waals surface area contributed by atoms with Gasteiger partial charge in [0.15, 0.2) is 0 Å². The summed E-state index contributed by atoms with van der Waals surface area (Å²) in [5.74, 6) is 1.55. The van der Waals surface area contributed by atoms with Crippen molar-refractivity contribution in [1.29, 1.82) is 0 Å². The molecule has 59 heavy (non-hydrogen) atoms. The van der Waals surface area contributed by atoms with E-state index >= 15 is 0 Å². The minimum Gasteiger partial charge on any atom is -0.348 e. The summed E-state index contributed by atoms with van der Waals surface area (Å²) in [5, 5.41) is 4.94. The average Bonchev–Trinajstić information content (AvgIpc) is 3.94. The van der Waals surface area contributed by atoms with E-state index in [0.29, 0.717) is 11.8 Å². The van der Waals surface area contributed by atoms with Crippen LogP contribution in [0.25, 0.3) is 88.6 Å². The van der Waals surface area contributed by atoms with Crippen LogP contribution >= 0.6 is 0 Å². The van der Waals surface area contributed by atoms with E-state index in [4.69, 9.17) is 4.98 Å². The first-order chi connectivity index (χ1) is 28.5. The second kappa shape index (κ2) is 15.8. The van der Waals surface area contributed by atoms with E-state index in [0.717, 1.165) is 39.1 Å². The second-order valence-electron chi connectivity index (χ2n) is 15.6. The van der Waals surface area contributed by atoms with E-state index < -0.39 is 0 Å². The van der Waals surface area contributed by atoms with Crippen LogP contribution in [0.1, 0.15) is 50.7 Å². The normalized spacial score (nSPS) is 11.6. The maximum atomic E-state index is 5.33. The Bertz CT molecular complexity index is 3150. The molecule has 7 aromatic carbocycles. The number of pyridine rings is 1. The van der Waals surface area contributed by atoms with Crippen molar-refractivity contribution in [3.05, 3.63) is 193 Å². The minimum absolute atomic E-state index is 0. The summed E-state index contributed by atoms with van der Waals surface area (Å²) in [4.78, 5) is 9.54. The molecule has 1 radical (unpaired) electrons. The number of fused-ring (bicyclic) bond motifs is 7. The number of rotatable bonds is 6. The Kier molecular flexibility index (Phi) is 10.2. The van der Waals surface area contributed by atoms with Gasteiger partial charge in [-0.15, -0.1) is 54.1 Å². The number of nitrogens with zero attached hydrogens (tertiary/aromatic N) is 4. The Morgan fingerprint density at radius 1 is 0.542 bits per heavy atom. The standard InChI is InChI=1S/C43H34N3.C11H8N.Ir/c1-26(2)34-24-30(28-13-6-5-7-14-28)25-35(27(3)4)42(34)46-40-20-11-9-18-37(40)44-43(46)29-21-22-39-36(23-29)33-17-12-16-32-31-15-8-10-19-38(31)45(39)41(32)33;1-2-6-10(7-3-1)11-8-4-5-9-12-11;/h5-22,24-27H,1-4H3;1-6,8-9H;/q2*-1;. The van der Waals surface area contributed by atoms with Crippen LogP contribution < -0.4 is 0 Å². The van der Waals surface area contributed by atoms with Gasteiger partial charge in [-0.25, -0.2) is 0 Å². The number of aromatic nitrogens is 4. The largest absolute Gasteiger partial charge is 0.348 e. The molecule has 0 amide bonds. The molecule has 4 heterocycles. The van der Waals surface area contributed by atoms with Gasteiger partial charge in [0.25, 0.3) is 0 Å². The average molecular weight is 939 g/mol. The van der Waals surface area contributed by atoms with Gasteiger partial charge in [0, 0.05) is 53.8 Å². The monoisotopic (exact) mass is 939 g/mol. The van der Waals surface area contributed by atoms with Gasteiger partial charge < -0.3 is 14.0 Å². The van der Waals surface area contributed by atoms with Crippen LogP contribution in [0.15, 0.2) is 170 Å². The Morgan fingerprint density at radius 2 is 1.22 bits per heavy atom. The Morgan fingerprint density at radius 3 is 1.95 bits per heavy atom. The summed E-state index contributed by atoms with van der Waals surface area (Å²) >= 11 is 0. The van der Waals surface area contributed by atoms with Gasteiger partial charge in [0.2, 0.25) is 0 Å². The van der Waals surface area contributed by atoms with Crippen molar-refractivity contribution in [1.82, 2.24) is 18.9 Å². The van der Waals surface area contributed by atoms with Crippen molar-refractivity contribution in [3.8, 4) is 39.5 Å². The van der Waals surface area contributed by atoms with Crippen molar-refractivity contribution in [3.63, 3.8) is 0 Å². The van der Waals surface area contributed by atoms with Crippen LogP contribution in [-0.4, -0.2) is 18.9 Å². The molecule has 0 aliphatic rings. The van der Waals surface area contributed by atoms with E-state index in [1.165, 1.54) is 60.6 Å². The smallest absolute Gasteiger partial charge is 0.0798 e. The van der Waals surface area contributed by atoms with Crippen molar-refractivity contribution in [2.75, 3.05) is 0 Å². The number of para-hydroxylation sites is 4. The fourth-order valence-corrected chi connectivity index (χ4v) is 8.60. The van der Waals surface area contributed by atoms with Gasteiger partial charge in [0.1, 0.15) is 0 Å². The predicted molar refractivity (Wildman–Crippen MR) is 242 cm³/mol. The maximum absolute atomic E-state index is 5.33. The molecule has 4 nitrogen and oxygen atoms in total. The van der Waals surface area contributed by atoms with Crippen LogP contribution in [0.3, 0.4) is 0 Å². The summed E-state index contributed by atoms with van der Waals surface area (Å²) < 4.78 is 4.83. The van der Waals surface area contributed by atoms with Crippen molar-refractivity contribution in [2.24, 2.45) is 0 Å². The first kappa shape index (κ1) is 38.1. The zero-order valence-corrected chi connectivity index (χ0v) is 35.8. The molecule has 0 unspecified atom stereocenters. The van der Waals surface area contributed by atoms with Gasteiger partial charge >= 0.3 is 0 Å². The quantitative estimate of drug-likeness (QED) is 0.156. The van der Waals surface area contributed by atoms with E-state index in [-0.39, 0.29) is 20.1 Å². The molecule has 0 aliphatic heterocycles. The Balaban J connectivity index is 0.000000297. The third kappa shape index (κ3) is 6.61. The molecule has 0 aliphatic carbocycles. The van der Waals surface area contributed by atoms with Crippen molar-refractivity contribution in [2.45, 2.75) is 39.5 Å².